The average Bonchev–Trinajstić information content (AvgIpc) is 3.77. The monoisotopic (exact) mass is 1020 g/mol. The molecular weight excluding hydrogens is 953 g/mol. The number of para-hydroxylation sites is 2. The summed E-state index contributed by atoms with van der Waals surface area (Å²) in [4.78, 5) is 54.8. The van der Waals surface area contributed by atoms with Crippen molar-refractivity contribution in [1.29, 1.82) is 0 Å². The molecule has 5 aromatic carbocycles. The lowest BCUT2D eigenvalue weighted by atomic mass is 9.95. The second kappa shape index (κ2) is 25.8. The van der Waals surface area contributed by atoms with Gasteiger partial charge in [0.15, 0.2) is 23.0 Å². The zero-order valence-electron chi connectivity index (χ0n) is 43.3. The second-order valence-electron chi connectivity index (χ2n) is 19.2. The summed E-state index contributed by atoms with van der Waals surface area (Å²) >= 11 is 0. The third-order valence-corrected chi connectivity index (χ3v) is 14.0. The van der Waals surface area contributed by atoms with E-state index in [0.29, 0.717) is 117 Å². The van der Waals surface area contributed by atoms with Crippen LogP contribution in [0.1, 0.15) is 94.3 Å². The number of hydrogen-bond donors (Lipinski definition) is 2. The first-order valence-electron chi connectivity index (χ1n) is 26.2. The quantitative estimate of drug-likeness (QED) is 0.0597. The molecule has 394 valence electrons. The van der Waals surface area contributed by atoms with Crippen LogP contribution in [0.2, 0.25) is 0 Å². The molecular formula is C59H68N6O10. The number of fused-ring (bicyclic) bond motifs is 6. The van der Waals surface area contributed by atoms with Crippen LogP contribution in [0.25, 0.3) is 0 Å². The first-order chi connectivity index (χ1) is 36.8. The van der Waals surface area contributed by atoms with E-state index in [4.69, 9.17) is 43.1 Å². The molecule has 1 unspecified atom stereocenters. The fourth-order valence-corrected chi connectivity index (χ4v) is 10.1. The first-order valence-corrected chi connectivity index (χ1v) is 26.2. The molecule has 2 N–H and O–H groups in total. The highest BCUT2D eigenvalue weighted by Gasteiger charge is 2.36. The number of hydrogen-bond acceptors (Lipinski definition) is 13. The summed E-state index contributed by atoms with van der Waals surface area (Å²) < 4.78 is 41.8. The summed E-state index contributed by atoms with van der Waals surface area (Å²) in [5.41, 5.74) is 8.04. The van der Waals surface area contributed by atoms with Crippen molar-refractivity contribution in [3.8, 4) is 23.0 Å². The van der Waals surface area contributed by atoms with E-state index in [1.807, 2.05) is 71.9 Å². The van der Waals surface area contributed by atoms with Gasteiger partial charge in [0, 0.05) is 80.7 Å². The molecule has 0 bridgehead atoms. The van der Waals surface area contributed by atoms with Gasteiger partial charge in [0.1, 0.15) is 13.2 Å². The highest BCUT2D eigenvalue weighted by molar-refractivity contribution is 6.15. The van der Waals surface area contributed by atoms with Gasteiger partial charge in [-0.1, -0.05) is 55.7 Å². The topological polar surface area (TPSA) is 171 Å². The maximum absolute atomic E-state index is 14.2. The number of aliphatic imine (C=N–C) groups is 2. The minimum Gasteiger partial charge on any atom is -0.493 e. The second-order valence-corrected chi connectivity index (χ2v) is 19.2. The van der Waals surface area contributed by atoms with E-state index in [2.05, 4.69) is 27.7 Å². The summed E-state index contributed by atoms with van der Waals surface area (Å²) in [6, 6.07) is 28.8. The van der Waals surface area contributed by atoms with Crippen LogP contribution in [0.15, 0.2) is 101 Å². The number of nitrogens with zero attached hydrogens (tertiary/aromatic N) is 4. The molecule has 3 aliphatic heterocycles. The summed E-state index contributed by atoms with van der Waals surface area (Å²) in [7, 11) is 4.74. The summed E-state index contributed by atoms with van der Waals surface area (Å²) in [5.74, 6) is 1.23. The van der Waals surface area contributed by atoms with Gasteiger partial charge >= 0.3 is 0 Å². The Hall–Kier alpha value is -7.27. The lowest BCUT2D eigenvalue weighted by molar-refractivity contribution is -0.122. The van der Waals surface area contributed by atoms with Crippen molar-refractivity contribution in [3.63, 3.8) is 0 Å². The zero-order chi connectivity index (χ0) is 51.9. The van der Waals surface area contributed by atoms with Gasteiger partial charge in [0.2, 0.25) is 5.91 Å². The molecule has 1 atom stereocenters. The van der Waals surface area contributed by atoms with Crippen LogP contribution in [-0.2, 0) is 45.1 Å². The number of ether oxygens (including phenoxy) is 7. The van der Waals surface area contributed by atoms with Crippen LogP contribution < -0.4 is 39.4 Å². The predicted octanol–water partition coefficient (Wildman–Crippen LogP) is 9.77. The normalized spacial score (nSPS) is 15.9. The summed E-state index contributed by atoms with van der Waals surface area (Å²) in [5, 5.41) is 6.34. The van der Waals surface area contributed by atoms with Crippen LogP contribution in [-0.4, -0.2) is 110 Å². The molecule has 3 heterocycles. The maximum Gasteiger partial charge on any atom is 0.261 e. The molecule has 5 aromatic rings. The van der Waals surface area contributed by atoms with Gasteiger partial charge in [-0.2, -0.15) is 0 Å². The van der Waals surface area contributed by atoms with Gasteiger partial charge < -0.3 is 48.7 Å². The summed E-state index contributed by atoms with van der Waals surface area (Å²) in [6.45, 7) is 3.61. The molecule has 1 fully saturated rings. The largest absolute Gasteiger partial charge is 0.493 e. The van der Waals surface area contributed by atoms with Crippen molar-refractivity contribution in [2.24, 2.45) is 9.98 Å². The van der Waals surface area contributed by atoms with Gasteiger partial charge in [0.05, 0.1) is 75.8 Å². The fourth-order valence-electron chi connectivity index (χ4n) is 10.1. The fraction of sp³-hybridized carbons (Fsp3) is 0.407. The number of amides is 3. The maximum atomic E-state index is 14.2. The third kappa shape index (κ3) is 13.3. The Balaban J connectivity index is 0.991. The number of benzene rings is 5. The lowest BCUT2D eigenvalue weighted by Crippen LogP contribution is -2.37. The van der Waals surface area contributed by atoms with E-state index in [-0.39, 0.29) is 43.0 Å². The average molecular weight is 1020 g/mol. The standard InChI is InChI=1S/C59H68N6O10/c1-69-25-26-73-28-27-72-24-23-64(22-12-20-57(66)62-44-16-5-4-6-17-44)45-30-40(38-74-55-35-50-47(33-53(55)70-2)58(67)63-49-18-9-7-13-42(49)15-11-21-60-50)29-41(31-45)39-75-56-36-51-48(34-54(56)71-3)59(68)65-46(37-61-51)32-43-14-8-10-19-52(43)65/h7-10,13-14,18-19,21,29-31,33-37,44,46H,4-6,11-12,15-17,20,22-28,32,38-39H2,1-3H3,(H,62,66)(H,63,67). The van der Waals surface area contributed by atoms with Gasteiger partial charge in [-0.25, -0.2) is 0 Å². The Bertz CT molecular complexity index is 2820. The Morgan fingerprint density at radius 2 is 1.39 bits per heavy atom. The Labute approximate surface area is 439 Å². The minimum atomic E-state index is -0.302. The predicted molar refractivity (Wildman–Crippen MR) is 291 cm³/mol. The molecule has 0 saturated heterocycles. The Kier molecular flexibility index (Phi) is 18.1. The van der Waals surface area contributed by atoms with Gasteiger partial charge in [0.25, 0.3) is 11.8 Å². The number of anilines is 3. The Morgan fingerprint density at radius 1 is 0.720 bits per heavy atom. The molecule has 1 saturated carbocycles. The van der Waals surface area contributed by atoms with Gasteiger partial charge in [-0.05, 0) is 96.8 Å². The molecule has 4 aliphatic rings. The SMILES string of the molecule is COCCOCCOCCN(CCCC(=O)NC1CCCCC1)c1cc(COc2cc3c(cc2OC)C(=O)Nc2ccccc2CCC=N3)cc(COc2cc3c(cc2OC)C(=O)N2c4ccccc4CC2C=N3)c1. The summed E-state index contributed by atoms with van der Waals surface area (Å²) in [6.07, 6.45) is 12.3. The van der Waals surface area contributed by atoms with E-state index < -0.39 is 0 Å². The molecule has 0 aromatic heterocycles. The van der Waals surface area contributed by atoms with Crippen molar-refractivity contribution in [3.05, 3.63) is 124 Å². The van der Waals surface area contributed by atoms with Crippen LogP contribution in [0.4, 0.5) is 28.4 Å². The van der Waals surface area contributed by atoms with Crippen LogP contribution in [0.3, 0.4) is 0 Å². The number of nitrogens with one attached hydrogen (secondary N) is 2. The van der Waals surface area contributed by atoms with Crippen LogP contribution in [0.5, 0.6) is 23.0 Å². The molecule has 16 heteroatoms. The Morgan fingerprint density at radius 3 is 2.12 bits per heavy atom. The smallest absolute Gasteiger partial charge is 0.261 e. The lowest BCUT2D eigenvalue weighted by Gasteiger charge is -2.27. The molecule has 0 spiro atoms. The van der Waals surface area contributed by atoms with Crippen molar-refractivity contribution in [1.82, 2.24) is 5.32 Å². The van der Waals surface area contributed by atoms with Crippen LogP contribution >= 0.6 is 0 Å². The van der Waals surface area contributed by atoms with E-state index >= 15 is 0 Å². The number of methoxy groups -OCH3 is 3. The van der Waals surface area contributed by atoms with Crippen molar-refractivity contribution in [2.45, 2.75) is 89.5 Å². The number of aryl methyl sites for hydroxylation is 1. The number of carbonyl (C=O) groups excluding carboxylic acids is 3. The van der Waals surface area contributed by atoms with Crippen LogP contribution in [0, 0.1) is 0 Å². The minimum absolute atomic E-state index is 0.0663. The molecule has 3 amide bonds. The van der Waals surface area contributed by atoms with Gasteiger partial charge in [-0.15, -0.1) is 0 Å². The van der Waals surface area contributed by atoms with E-state index in [9.17, 15) is 14.4 Å². The number of carbonyl (C=O) groups is 3. The molecule has 16 nitrogen and oxygen atoms in total. The highest BCUT2D eigenvalue weighted by Crippen LogP contribution is 2.42. The molecule has 0 radical (unpaired) electrons. The highest BCUT2D eigenvalue weighted by atomic mass is 16.5. The van der Waals surface area contributed by atoms with E-state index in [0.717, 1.165) is 71.4 Å². The molecule has 75 heavy (non-hydrogen) atoms. The van der Waals surface area contributed by atoms with Gasteiger partial charge in [-0.3, -0.25) is 29.3 Å². The zero-order valence-corrected chi connectivity index (χ0v) is 43.3. The first kappa shape index (κ1) is 52.6. The number of rotatable bonds is 23. The van der Waals surface area contributed by atoms with Crippen molar-refractivity contribution in [2.75, 3.05) is 82.6 Å². The van der Waals surface area contributed by atoms with Crippen molar-refractivity contribution < 1.29 is 47.5 Å². The van der Waals surface area contributed by atoms with Crippen molar-refractivity contribution >= 4 is 58.6 Å². The van der Waals surface area contributed by atoms with E-state index in [1.165, 1.54) is 6.42 Å². The molecule has 1 aliphatic carbocycles. The molecule has 9 rings (SSSR count). The van der Waals surface area contributed by atoms with E-state index in [1.54, 1.807) is 45.6 Å². The third-order valence-electron chi connectivity index (χ3n) is 14.0.